The zero-order valence-electron chi connectivity index (χ0n) is 10.2. The van der Waals surface area contributed by atoms with Gasteiger partial charge in [0.1, 0.15) is 5.82 Å². The molecule has 19 heavy (non-hydrogen) atoms. The standard InChI is InChI=1S/C12H13ClFNO3S/c1-7-5-9(19(13,17)18)6-10(11(7)14)12(16)15-8-3-2-4-8/h5-6,8H,2-4H2,1H3,(H,15,16). The molecule has 0 heterocycles. The molecule has 7 heteroatoms. The third-order valence-electron chi connectivity index (χ3n) is 3.19. The highest BCUT2D eigenvalue weighted by Crippen LogP contribution is 2.23. The Hall–Kier alpha value is -1.14. The second kappa shape index (κ2) is 5.09. The molecule has 0 bridgehead atoms. The Kier molecular flexibility index (Phi) is 3.82. The van der Waals surface area contributed by atoms with Crippen molar-refractivity contribution in [3.05, 3.63) is 29.1 Å². The van der Waals surface area contributed by atoms with E-state index in [0.29, 0.717) is 0 Å². The Morgan fingerprint density at radius 3 is 2.53 bits per heavy atom. The first-order valence-electron chi connectivity index (χ1n) is 5.84. The van der Waals surface area contributed by atoms with Crippen LogP contribution in [0.4, 0.5) is 4.39 Å². The Labute approximate surface area is 115 Å². The van der Waals surface area contributed by atoms with Gasteiger partial charge in [0, 0.05) is 16.7 Å². The van der Waals surface area contributed by atoms with Gasteiger partial charge in [-0.2, -0.15) is 0 Å². The highest BCUT2D eigenvalue weighted by molar-refractivity contribution is 8.13. The second-order valence-electron chi connectivity index (χ2n) is 4.64. The van der Waals surface area contributed by atoms with Crippen LogP contribution in [0.3, 0.4) is 0 Å². The molecule has 0 radical (unpaired) electrons. The fraction of sp³-hybridized carbons (Fsp3) is 0.417. The van der Waals surface area contributed by atoms with E-state index in [2.05, 4.69) is 5.32 Å². The lowest BCUT2D eigenvalue weighted by atomic mass is 9.93. The van der Waals surface area contributed by atoms with Gasteiger partial charge in [-0.3, -0.25) is 4.79 Å². The maximum absolute atomic E-state index is 13.9. The third kappa shape index (κ3) is 3.06. The van der Waals surface area contributed by atoms with Crippen LogP contribution in [0.1, 0.15) is 35.2 Å². The molecule has 0 aromatic heterocycles. The maximum atomic E-state index is 13.9. The zero-order valence-corrected chi connectivity index (χ0v) is 11.8. The fourth-order valence-corrected chi connectivity index (χ4v) is 2.70. The summed E-state index contributed by atoms with van der Waals surface area (Å²) in [4.78, 5) is 11.6. The summed E-state index contributed by atoms with van der Waals surface area (Å²) in [6, 6.07) is 2.12. The molecule has 1 aromatic rings. The molecule has 0 aliphatic heterocycles. The average molecular weight is 306 g/mol. The highest BCUT2D eigenvalue weighted by Gasteiger charge is 2.24. The molecule has 1 saturated carbocycles. The normalized spacial score (nSPS) is 15.9. The van der Waals surface area contributed by atoms with E-state index in [1.54, 1.807) is 0 Å². The van der Waals surface area contributed by atoms with Gasteiger partial charge in [-0.1, -0.05) is 0 Å². The van der Waals surface area contributed by atoms with Crippen molar-refractivity contribution in [2.75, 3.05) is 0 Å². The first-order valence-corrected chi connectivity index (χ1v) is 8.15. The summed E-state index contributed by atoms with van der Waals surface area (Å²) in [7, 11) is 1.23. The quantitative estimate of drug-likeness (QED) is 0.872. The van der Waals surface area contributed by atoms with Crippen LogP contribution in [-0.2, 0) is 9.05 Å². The highest BCUT2D eigenvalue weighted by atomic mass is 35.7. The van der Waals surface area contributed by atoms with Gasteiger partial charge in [0.2, 0.25) is 0 Å². The van der Waals surface area contributed by atoms with Crippen molar-refractivity contribution in [3.8, 4) is 0 Å². The first-order chi connectivity index (χ1) is 8.79. The van der Waals surface area contributed by atoms with Gasteiger partial charge in [-0.25, -0.2) is 12.8 Å². The number of amides is 1. The summed E-state index contributed by atoms with van der Waals surface area (Å²) in [6.45, 7) is 1.39. The first kappa shape index (κ1) is 14.3. The lowest BCUT2D eigenvalue weighted by Crippen LogP contribution is -2.39. The predicted molar refractivity (Wildman–Crippen MR) is 69.3 cm³/mol. The molecule has 0 saturated heterocycles. The van der Waals surface area contributed by atoms with E-state index >= 15 is 0 Å². The molecule has 1 aromatic carbocycles. The van der Waals surface area contributed by atoms with Crippen molar-refractivity contribution in [3.63, 3.8) is 0 Å². The van der Waals surface area contributed by atoms with Gasteiger partial charge in [0.15, 0.2) is 0 Å². The number of carbonyl (C=O) groups excluding carboxylic acids is 1. The van der Waals surface area contributed by atoms with Crippen LogP contribution in [-0.4, -0.2) is 20.4 Å². The Balaban J connectivity index is 2.37. The fourth-order valence-electron chi connectivity index (χ4n) is 1.86. The number of aryl methyl sites for hydroxylation is 1. The van der Waals surface area contributed by atoms with Crippen molar-refractivity contribution in [1.82, 2.24) is 5.32 Å². The Morgan fingerprint density at radius 2 is 2.05 bits per heavy atom. The molecule has 0 unspecified atom stereocenters. The molecule has 0 atom stereocenters. The molecule has 1 aliphatic carbocycles. The van der Waals surface area contributed by atoms with Crippen molar-refractivity contribution in [1.29, 1.82) is 0 Å². The number of hydrogen-bond donors (Lipinski definition) is 1. The van der Waals surface area contributed by atoms with E-state index in [1.165, 1.54) is 6.92 Å². The summed E-state index contributed by atoms with van der Waals surface area (Å²) in [5.41, 5.74) is -0.216. The number of halogens is 2. The van der Waals surface area contributed by atoms with Gasteiger partial charge in [-0.15, -0.1) is 0 Å². The van der Waals surface area contributed by atoms with Gasteiger partial charge >= 0.3 is 0 Å². The molecule has 1 aliphatic rings. The van der Waals surface area contributed by atoms with Crippen molar-refractivity contribution >= 4 is 25.6 Å². The molecule has 104 valence electrons. The van der Waals surface area contributed by atoms with Crippen molar-refractivity contribution in [2.24, 2.45) is 0 Å². The maximum Gasteiger partial charge on any atom is 0.261 e. The third-order valence-corrected chi connectivity index (χ3v) is 4.53. The van der Waals surface area contributed by atoms with Gasteiger partial charge in [-0.05, 0) is 43.9 Å². The Bertz CT molecular complexity index is 626. The van der Waals surface area contributed by atoms with Crippen LogP contribution in [0.15, 0.2) is 17.0 Å². The number of benzene rings is 1. The molecule has 4 nitrogen and oxygen atoms in total. The van der Waals surface area contributed by atoms with Gasteiger partial charge in [0.05, 0.1) is 10.5 Å². The zero-order chi connectivity index (χ0) is 14.2. The molecule has 1 fully saturated rings. The summed E-state index contributed by atoms with van der Waals surface area (Å²) >= 11 is 0. The van der Waals surface area contributed by atoms with E-state index in [0.717, 1.165) is 31.4 Å². The summed E-state index contributed by atoms with van der Waals surface area (Å²) in [5, 5.41) is 2.66. The summed E-state index contributed by atoms with van der Waals surface area (Å²) < 4.78 is 36.4. The second-order valence-corrected chi connectivity index (χ2v) is 7.21. The number of carbonyl (C=O) groups is 1. The van der Waals surface area contributed by atoms with Crippen LogP contribution in [0.25, 0.3) is 0 Å². The molecule has 1 N–H and O–H groups in total. The number of hydrogen-bond acceptors (Lipinski definition) is 3. The van der Waals surface area contributed by atoms with E-state index in [-0.39, 0.29) is 22.1 Å². The van der Waals surface area contributed by atoms with Crippen LogP contribution >= 0.6 is 10.7 Å². The monoisotopic (exact) mass is 305 g/mol. The molecule has 2 rings (SSSR count). The minimum Gasteiger partial charge on any atom is -0.349 e. The lowest BCUT2D eigenvalue weighted by molar-refractivity contribution is 0.0912. The average Bonchev–Trinajstić information content (AvgIpc) is 2.25. The van der Waals surface area contributed by atoms with Crippen molar-refractivity contribution in [2.45, 2.75) is 37.1 Å². The van der Waals surface area contributed by atoms with Crippen LogP contribution < -0.4 is 5.32 Å². The molecular weight excluding hydrogens is 293 g/mol. The largest absolute Gasteiger partial charge is 0.349 e. The number of nitrogens with one attached hydrogen (secondary N) is 1. The van der Waals surface area contributed by atoms with E-state index in [4.69, 9.17) is 10.7 Å². The minimum atomic E-state index is -3.99. The van der Waals surface area contributed by atoms with Gasteiger partial charge in [0.25, 0.3) is 15.0 Å². The Morgan fingerprint density at radius 1 is 1.42 bits per heavy atom. The van der Waals surface area contributed by atoms with E-state index in [1.807, 2.05) is 0 Å². The molecule has 1 amide bonds. The van der Waals surface area contributed by atoms with Crippen LogP contribution in [0.5, 0.6) is 0 Å². The van der Waals surface area contributed by atoms with Crippen LogP contribution in [0, 0.1) is 12.7 Å². The lowest BCUT2D eigenvalue weighted by Gasteiger charge is -2.26. The minimum absolute atomic E-state index is 0.0449. The summed E-state index contributed by atoms with van der Waals surface area (Å²) in [5.74, 6) is -1.33. The molecule has 0 spiro atoms. The SMILES string of the molecule is Cc1cc(S(=O)(=O)Cl)cc(C(=O)NC2CCC2)c1F. The number of rotatable bonds is 3. The smallest absolute Gasteiger partial charge is 0.261 e. The van der Waals surface area contributed by atoms with Crippen molar-refractivity contribution < 1.29 is 17.6 Å². The van der Waals surface area contributed by atoms with E-state index < -0.39 is 20.8 Å². The topological polar surface area (TPSA) is 63.2 Å². The predicted octanol–water partition coefficient (Wildman–Crippen LogP) is 2.34. The van der Waals surface area contributed by atoms with E-state index in [9.17, 15) is 17.6 Å². The molecular formula is C12H13ClFNO3S. The van der Waals surface area contributed by atoms with Gasteiger partial charge < -0.3 is 5.32 Å². The summed E-state index contributed by atoms with van der Waals surface area (Å²) in [6.07, 6.45) is 2.75. The van der Waals surface area contributed by atoms with Crippen LogP contribution in [0.2, 0.25) is 0 Å².